The van der Waals surface area contributed by atoms with Crippen LogP contribution in [0.5, 0.6) is 5.75 Å². The molecule has 0 bridgehead atoms. The molecule has 0 spiro atoms. The van der Waals surface area contributed by atoms with Crippen molar-refractivity contribution in [2.75, 3.05) is 7.11 Å². The Morgan fingerprint density at radius 3 is 2.58 bits per heavy atom. The molecule has 0 heterocycles. The zero-order valence-corrected chi connectivity index (χ0v) is 12.3. The van der Waals surface area contributed by atoms with Crippen molar-refractivity contribution in [3.8, 4) is 5.75 Å². The normalized spacial score (nSPS) is 23.1. The highest BCUT2D eigenvalue weighted by Gasteiger charge is 2.21. The van der Waals surface area contributed by atoms with Gasteiger partial charge in [-0.25, -0.2) is 0 Å². The lowest BCUT2D eigenvalue weighted by Gasteiger charge is -2.27. The highest BCUT2D eigenvalue weighted by molar-refractivity contribution is 5.39. The van der Waals surface area contributed by atoms with Gasteiger partial charge in [0.05, 0.1) is 7.11 Å². The summed E-state index contributed by atoms with van der Waals surface area (Å²) in [6.45, 7) is 6.15. The average Bonchev–Trinajstić information content (AvgIpc) is 2.47. The molecule has 2 rings (SSSR count). The average molecular weight is 258 g/mol. The van der Waals surface area contributed by atoms with Gasteiger partial charge < -0.3 is 4.74 Å². The van der Waals surface area contributed by atoms with Crippen LogP contribution >= 0.6 is 0 Å². The van der Waals surface area contributed by atoms with Crippen molar-refractivity contribution in [3.05, 3.63) is 42.0 Å². The molecule has 1 aliphatic rings. The SMILES string of the molecule is C=C[C@H]1CC[C@H](c2ccc(OC)c(CCC)c2)CC1. The van der Waals surface area contributed by atoms with Crippen molar-refractivity contribution in [2.45, 2.75) is 51.4 Å². The van der Waals surface area contributed by atoms with Crippen molar-refractivity contribution in [3.63, 3.8) is 0 Å². The molecule has 1 aromatic rings. The Hall–Kier alpha value is -1.24. The highest BCUT2D eigenvalue weighted by atomic mass is 16.5. The topological polar surface area (TPSA) is 9.23 Å². The van der Waals surface area contributed by atoms with Gasteiger partial charge in [-0.2, -0.15) is 0 Å². The zero-order valence-electron chi connectivity index (χ0n) is 12.3. The van der Waals surface area contributed by atoms with Crippen LogP contribution in [0.4, 0.5) is 0 Å². The maximum Gasteiger partial charge on any atom is 0.122 e. The van der Waals surface area contributed by atoms with Gasteiger partial charge in [-0.3, -0.25) is 0 Å². The highest BCUT2D eigenvalue weighted by Crippen LogP contribution is 2.37. The van der Waals surface area contributed by atoms with Crippen LogP contribution in [0.3, 0.4) is 0 Å². The molecular weight excluding hydrogens is 232 g/mol. The Morgan fingerprint density at radius 1 is 1.26 bits per heavy atom. The minimum atomic E-state index is 0.734. The molecule has 0 unspecified atom stereocenters. The number of methoxy groups -OCH3 is 1. The first-order valence-corrected chi connectivity index (χ1v) is 7.57. The lowest BCUT2D eigenvalue weighted by Crippen LogP contribution is -2.11. The van der Waals surface area contributed by atoms with Gasteiger partial charge in [0, 0.05) is 0 Å². The summed E-state index contributed by atoms with van der Waals surface area (Å²) in [6, 6.07) is 6.79. The van der Waals surface area contributed by atoms with E-state index in [1.807, 2.05) is 0 Å². The van der Waals surface area contributed by atoms with Crippen molar-refractivity contribution in [1.29, 1.82) is 0 Å². The van der Waals surface area contributed by atoms with E-state index in [2.05, 4.69) is 37.8 Å². The van der Waals surface area contributed by atoms with Crippen LogP contribution < -0.4 is 4.74 Å². The van der Waals surface area contributed by atoms with Crippen molar-refractivity contribution in [1.82, 2.24) is 0 Å². The van der Waals surface area contributed by atoms with E-state index < -0.39 is 0 Å². The monoisotopic (exact) mass is 258 g/mol. The van der Waals surface area contributed by atoms with E-state index >= 15 is 0 Å². The Bertz CT molecular complexity index is 414. The Morgan fingerprint density at radius 2 is 2.00 bits per heavy atom. The second-order valence-corrected chi connectivity index (χ2v) is 5.67. The van der Waals surface area contributed by atoms with Gasteiger partial charge in [-0.05, 0) is 61.1 Å². The van der Waals surface area contributed by atoms with Crippen LogP contribution in [-0.2, 0) is 6.42 Å². The molecule has 19 heavy (non-hydrogen) atoms. The molecule has 1 aliphatic carbocycles. The molecule has 0 saturated heterocycles. The third kappa shape index (κ3) is 3.40. The van der Waals surface area contributed by atoms with E-state index in [1.54, 1.807) is 7.11 Å². The molecular formula is C18H26O. The summed E-state index contributed by atoms with van der Waals surface area (Å²) in [6.07, 6.45) is 9.60. The molecule has 0 aliphatic heterocycles. The van der Waals surface area contributed by atoms with E-state index in [-0.39, 0.29) is 0 Å². The smallest absolute Gasteiger partial charge is 0.122 e. The maximum atomic E-state index is 5.46. The number of aryl methyl sites for hydroxylation is 1. The fourth-order valence-electron chi connectivity index (χ4n) is 3.21. The van der Waals surface area contributed by atoms with Gasteiger partial charge >= 0.3 is 0 Å². The second-order valence-electron chi connectivity index (χ2n) is 5.67. The summed E-state index contributed by atoms with van der Waals surface area (Å²) in [7, 11) is 1.77. The standard InChI is InChI=1S/C18H26O/c1-4-6-17-13-16(11-12-18(17)19-3)15-9-7-14(5-2)8-10-15/h5,11-15H,2,4,6-10H2,1,3H3/t14-,15-. The maximum absolute atomic E-state index is 5.46. The molecule has 1 heteroatoms. The molecule has 0 aromatic heterocycles. The zero-order chi connectivity index (χ0) is 13.7. The van der Waals surface area contributed by atoms with Gasteiger partial charge in [0.2, 0.25) is 0 Å². The summed E-state index contributed by atoms with van der Waals surface area (Å²) in [5.74, 6) is 2.52. The second kappa shape index (κ2) is 6.79. The van der Waals surface area contributed by atoms with Crippen LogP contribution in [0, 0.1) is 5.92 Å². The lowest BCUT2D eigenvalue weighted by molar-refractivity contribution is 0.375. The Kier molecular flexibility index (Phi) is 5.07. The first-order valence-electron chi connectivity index (χ1n) is 7.57. The van der Waals surface area contributed by atoms with Gasteiger partial charge in [-0.15, -0.1) is 6.58 Å². The van der Waals surface area contributed by atoms with Gasteiger partial charge in [0.25, 0.3) is 0 Å². The molecule has 1 aromatic carbocycles. The van der Waals surface area contributed by atoms with Crippen molar-refractivity contribution >= 4 is 0 Å². The number of ether oxygens (including phenoxy) is 1. The van der Waals surface area contributed by atoms with Crippen LogP contribution in [0.1, 0.15) is 56.1 Å². The number of allylic oxidation sites excluding steroid dienone is 1. The van der Waals surface area contributed by atoms with Crippen molar-refractivity contribution < 1.29 is 4.74 Å². The van der Waals surface area contributed by atoms with Crippen LogP contribution in [0.2, 0.25) is 0 Å². The predicted molar refractivity (Wildman–Crippen MR) is 81.9 cm³/mol. The quantitative estimate of drug-likeness (QED) is 0.667. The third-order valence-corrected chi connectivity index (χ3v) is 4.40. The minimum absolute atomic E-state index is 0.734. The molecule has 0 N–H and O–H groups in total. The fourth-order valence-corrected chi connectivity index (χ4v) is 3.21. The van der Waals surface area contributed by atoms with E-state index in [1.165, 1.54) is 43.2 Å². The molecule has 0 radical (unpaired) electrons. The predicted octanol–water partition coefficient (Wildman–Crippen LogP) is 5.11. The Balaban J connectivity index is 2.12. The van der Waals surface area contributed by atoms with Crippen LogP contribution in [0.25, 0.3) is 0 Å². The largest absolute Gasteiger partial charge is 0.496 e. The summed E-state index contributed by atoms with van der Waals surface area (Å²) in [4.78, 5) is 0. The number of hydrogen-bond donors (Lipinski definition) is 0. The van der Waals surface area contributed by atoms with E-state index in [9.17, 15) is 0 Å². The summed E-state index contributed by atoms with van der Waals surface area (Å²) >= 11 is 0. The molecule has 1 saturated carbocycles. The van der Waals surface area contributed by atoms with Gasteiger partial charge in [0.15, 0.2) is 0 Å². The fraction of sp³-hybridized carbons (Fsp3) is 0.556. The number of rotatable bonds is 5. The van der Waals surface area contributed by atoms with Gasteiger partial charge in [0.1, 0.15) is 5.75 Å². The summed E-state index contributed by atoms with van der Waals surface area (Å²) < 4.78 is 5.46. The molecule has 104 valence electrons. The van der Waals surface area contributed by atoms with E-state index in [0.29, 0.717) is 0 Å². The first kappa shape index (κ1) is 14.2. The van der Waals surface area contributed by atoms with Crippen LogP contribution in [0.15, 0.2) is 30.9 Å². The summed E-state index contributed by atoms with van der Waals surface area (Å²) in [5, 5.41) is 0. The summed E-state index contributed by atoms with van der Waals surface area (Å²) in [5.41, 5.74) is 2.88. The molecule has 0 atom stereocenters. The molecule has 0 amide bonds. The van der Waals surface area contributed by atoms with Gasteiger partial charge in [-0.1, -0.05) is 31.6 Å². The molecule has 1 nitrogen and oxygen atoms in total. The van der Waals surface area contributed by atoms with E-state index in [0.717, 1.165) is 24.0 Å². The number of hydrogen-bond acceptors (Lipinski definition) is 1. The lowest BCUT2D eigenvalue weighted by atomic mass is 9.78. The first-order chi connectivity index (χ1) is 9.28. The van der Waals surface area contributed by atoms with Crippen molar-refractivity contribution in [2.24, 2.45) is 5.92 Å². The Labute approximate surface area is 117 Å². The van der Waals surface area contributed by atoms with Crippen LogP contribution in [-0.4, -0.2) is 7.11 Å². The minimum Gasteiger partial charge on any atom is -0.496 e. The van der Waals surface area contributed by atoms with E-state index in [4.69, 9.17) is 4.74 Å². The number of benzene rings is 1. The molecule has 1 fully saturated rings. The third-order valence-electron chi connectivity index (χ3n) is 4.40.